The molecule has 1 unspecified atom stereocenters. The number of amides is 1. The highest BCUT2D eigenvalue weighted by molar-refractivity contribution is 7.92. The molecule has 1 amide bonds. The monoisotopic (exact) mass is 514 g/mol. The summed E-state index contributed by atoms with van der Waals surface area (Å²) in [5.74, 6) is 0.374. The quantitative estimate of drug-likeness (QED) is 0.347. The SMILES string of the molecule is COc1ccc(S(=O)(=O)N2CC(C(=O)Nc3ccc4c(c3)oc3ccccc34)Oc3ccccc32)cc1. The van der Waals surface area contributed by atoms with Crippen molar-refractivity contribution in [2.24, 2.45) is 0 Å². The summed E-state index contributed by atoms with van der Waals surface area (Å²) in [6.07, 6.45) is -1.07. The molecule has 5 aromatic rings. The zero-order chi connectivity index (χ0) is 25.6. The number of rotatable bonds is 5. The van der Waals surface area contributed by atoms with E-state index in [1.807, 2.05) is 30.3 Å². The van der Waals surface area contributed by atoms with E-state index < -0.39 is 22.0 Å². The average molecular weight is 515 g/mol. The smallest absolute Gasteiger partial charge is 0.267 e. The summed E-state index contributed by atoms with van der Waals surface area (Å²) in [6, 6.07) is 26.0. The van der Waals surface area contributed by atoms with Gasteiger partial charge in [-0.3, -0.25) is 9.10 Å². The number of carbonyl (C=O) groups excluding carboxylic acids is 1. The number of benzene rings is 4. The molecule has 0 bridgehead atoms. The fraction of sp³-hybridized carbons (Fsp3) is 0.107. The predicted octanol–water partition coefficient (Wildman–Crippen LogP) is 5.19. The first-order valence-electron chi connectivity index (χ1n) is 11.6. The van der Waals surface area contributed by atoms with Crippen molar-refractivity contribution in [1.29, 1.82) is 0 Å². The number of nitrogens with one attached hydrogen (secondary N) is 1. The molecule has 1 atom stereocenters. The van der Waals surface area contributed by atoms with Crippen molar-refractivity contribution in [3.63, 3.8) is 0 Å². The van der Waals surface area contributed by atoms with Gasteiger partial charge in [0.2, 0.25) is 0 Å². The first-order chi connectivity index (χ1) is 17.9. The summed E-state index contributed by atoms with van der Waals surface area (Å²) in [4.78, 5) is 13.4. The van der Waals surface area contributed by atoms with Crippen LogP contribution in [0.25, 0.3) is 21.9 Å². The number of hydrogen-bond acceptors (Lipinski definition) is 6. The maximum Gasteiger partial charge on any atom is 0.267 e. The van der Waals surface area contributed by atoms with Crippen LogP contribution >= 0.6 is 0 Å². The van der Waals surface area contributed by atoms with Crippen molar-refractivity contribution in [2.45, 2.75) is 11.0 Å². The summed E-state index contributed by atoms with van der Waals surface area (Å²) in [5, 5.41) is 4.77. The minimum absolute atomic E-state index is 0.0829. The maximum absolute atomic E-state index is 13.6. The third-order valence-electron chi connectivity index (χ3n) is 6.32. The third kappa shape index (κ3) is 4.03. The standard InChI is InChI=1S/C28H22N2O6S/c1-34-19-11-13-20(14-12-19)37(32,33)30-17-27(36-25-9-5-3-7-23(25)30)28(31)29-18-10-15-22-21-6-2-4-8-24(21)35-26(22)16-18/h2-16,27H,17H2,1H3,(H,29,31). The molecule has 0 radical (unpaired) electrons. The van der Waals surface area contributed by atoms with Crippen LogP contribution in [0, 0.1) is 0 Å². The number of furan rings is 1. The summed E-state index contributed by atoms with van der Waals surface area (Å²) >= 11 is 0. The Morgan fingerprint density at radius 2 is 1.65 bits per heavy atom. The molecule has 186 valence electrons. The second-order valence-electron chi connectivity index (χ2n) is 8.58. The normalized spacial score (nSPS) is 15.3. The van der Waals surface area contributed by atoms with Gasteiger partial charge in [0.15, 0.2) is 6.10 Å². The van der Waals surface area contributed by atoms with Crippen molar-refractivity contribution < 1.29 is 27.1 Å². The molecule has 6 rings (SSSR count). The van der Waals surface area contributed by atoms with Gasteiger partial charge in [-0.25, -0.2) is 8.42 Å². The van der Waals surface area contributed by atoms with Gasteiger partial charge < -0.3 is 19.2 Å². The molecule has 1 aliphatic heterocycles. The maximum atomic E-state index is 13.6. The van der Waals surface area contributed by atoms with E-state index in [0.29, 0.717) is 28.5 Å². The second kappa shape index (κ2) is 8.86. The molecule has 8 nitrogen and oxygen atoms in total. The molecule has 2 heterocycles. The van der Waals surface area contributed by atoms with Crippen LogP contribution in [0.3, 0.4) is 0 Å². The number of sulfonamides is 1. The van der Waals surface area contributed by atoms with E-state index >= 15 is 0 Å². The van der Waals surface area contributed by atoms with Crippen LogP contribution < -0.4 is 19.1 Å². The van der Waals surface area contributed by atoms with Crippen molar-refractivity contribution >= 4 is 49.2 Å². The van der Waals surface area contributed by atoms with Gasteiger partial charge >= 0.3 is 0 Å². The van der Waals surface area contributed by atoms with Gasteiger partial charge in [0.05, 0.1) is 24.2 Å². The number of nitrogens with zero attached hydrogens (tertiary/aromatic N) is 1. The first kappa shape index (κ1) is 22.9. The topological polar surface area (TPSA) is 98.1 Å². The van der Waals surface area contributed by atoms with E-state index in [4.69, 9.17) is 13.9 Å². The van der Waals surface area contributed by atoms with Gasteiger partial charge in [-0.05, 0) is 54.6 Å². The van der Waals surface area contributed by atoms with Crippen LogP contribution in [-0.2, 0) is 14.8 Å². The molecule has 0 fully saturated rings. The van der Waals surface area contributed by atoms with Crippen LogP contribution in [0.5, 0.6) is 11.5 Å². The van der Waals surface area contributed by atoms with Gasteiger partial charge in [-0.15, -0.1) is 0 Å². The average Bonchev–Trinajstić information content (AvgIpc) is 3.30. The van der Waals surface area contributed by atoms with Gasteiger partial charge in [-0.1, -0.05) is 30.3 Å². The molecular formula is C28H22N2O6S. The van der Waals surface area contributed by atoms with E-state index in [-0.39, 0.29) is 11.4 Å². The zero-order valence-corrected chi connectivity index (χ0v) is 20.6. The van der Waals surface area contributed by atoms with Gasteiger partial charge in [0, 0.05) is 22.5 Å². The number of fused-ring (bicyclic) bond motifs is 4. The number of ether oxygens (including phenoxy) is 2. The fourth-order valence-corrected chi connectivity index (χ4v) is 5.94. The summed E-state index contributed by atoms with van der Waals surface area (Å²) in [5.41, 5.74) is 2.28. The number of para-hydroxylation sites is 3. The lowest BCUT2D eigenvalue weighted by Gasteiger charge is -2.34. The van der Waals surface area contributed by atoms with E-state index in [1.54, 1.807) is 48.5 Å². The molecule has 4 aromatic carbocycles. The van der Waals surface area contributed by atoms with Crippen LogP contribution in [0.4, 0.5) is 11.4 Å². The Bertz CT molecular complexity index is 1740. The number of carbonyl (C=O) groups is 1. The Labute approximate surface area is 213 Å². The van der Waals surface area contributed by atoms with Gasteiger partial charge in [0.1, 0.15) is 22.7 Å². The Hall–Kier alpha value is -4.50. The lowest BCUT2D eigenvalue weighted by atomic mass is 10.1. The van der Waals surface area contributed by atoms with E-state index in [1.165, 1.54) is 23.5 Å². The lowest BCUT2D eigenvalue weighted by molar-refractivity contribution is -0.122. The Morgan fingerprint density at radius 3 is 2.46 bits per heavy atom. The lowest BCUT2D eigenvalue weighted by Crippen LogP contribution is -2.48. The molecule has 1 aliphatic rings. The number of hydrogen-bond donors (Lipinski definition) is 1. The molecule has 1 N–H and O–H groups in total. The minimum atomic E-state index is -3.98. The molecule has 0 saturated heterocycles. The van der Waals surface area contributed by atoms with Gasteiger partial charge in [0.25, 0.3) is 15.9 Å². The molecule has 37 heavy (non-hydrogen) atoms. The Morgan fingerprint density at radius 1 is 0.919 bits per heavy atom. The first-order valence-corrected chi connectivity index (χ1v) is 13.0. The van der Waals surface area contributed by atoms with E-state index in [2.05, 4.69) is 5.32 Å². The highest BCUT2D eigenvalue weighted by Crippen LogP contribution is 2.37. The molecule has 1 aromatic heterocycles. The fourth-order valence-electron chi connectivity index (χ4n) is 4.47. The molecule has 0 spiro atoms. The Balaban J connectivity index is 1.30. The van der Waals surface area contributed by atoms with Crippen LogP contribution in [0.2, 0.25) is 0 Å². The van der Waals surface area contributed by atoms with Gasteiger partial charge in [-0.2, -0.15) is 0 Å². The molecule has 9 heteroatoms. The van der Waals surface area contributed by atoms with Crippen LogP contribution in [0.1, 0.15) is 0 Å². The van der Waals surface area contributed by atoms with E-state index in [0.717, 1.165) is 16.4 Å². The molecular weight excluding hydrogens is 492 g/mol. The highest BCUT2D eigenvalue weighted by atomic mass is 32.2. The van der Waals surface area contributed by atoms with Crippen LogP contribution in [0.15, 0.2) is 100 Å². The van der Waals surface area contributed by atoms with Crippen molar-refractivity contribution in [2.75, 3.05) is 23.3 Å². The summed E-state index contributed by atoms with van der Waals surface area (Å²) in [7, 11) is -2.47. The second-order valence-corrected chi connectivity index (χ2v) is 10.4. The highest BCUT2D eigenvalue weighted by Gasteiger charge is 2.37. The number of anilines is 2. The predicted molar refractivity (Wildman–Crippen MR) is 141 cm³/mol. The van der Waals surface area contributed by atoms with E-state index in [9.17, 15) is 13.2 Å². The van der Waals surface area contributed by atoms with Crippen molar-refractivity contribution in [3.05, 3.63) is 91.0 Å². The largest absolute Gasteiger partial charge is 0.497 e. The number of methoxy groups -OCH3 is 1. The summed E-state index contributed by atoms with van der Waals surface area (Å²) < 4.78 is 45.4. The van der Waals surface area contributed by atoms with Crippen molar-refractivity contribution in [3.8, 4) is 11.5 Å². The Kier molecular flexibility index (Phi) is 5.49. The summed E-state index contributed by atoms with van der Waals surface area (Å²) in [6.45, 7) is -0.190. The molecule has 0 saturated carbocycles. The third-order valence-corrected chi connectivity index (χ3v) is 8.11. The zero-order valence-electron chi connectivity index (χ0n) is 19.7. The molecule has 0 aliphatic carbocycles. The van der Waals surface area contributed by atoms with Crippen molar-refractivity contribution in [1.82, 2.24) is 0 Å². The van der Waals surface area contributed by atoms with Crippen LogP contribution in [-0.4, -0.2) is 34.1 Å². The minimum Gasteiger partial charge on any atom is -0.497 e.